The van der Waals surface area contributed by atoms with Crippen LogP contribution in [0.15, 0.2) is 0 Å². The van der Waals surface area contributed by atoms with E-state index in [1.807, 2.05) is 7.05 Å². The molecule has 0 bridgehead atoms. The molecule has 0 saturated carbocycles. The molecule has 2 N–H and O–H groups in total. The summed E-state index contributed by atoms with van der Waals surface area (Å²) in [5.74, 6) is 0. The second-order valence-electron chi connectivity index (χ2n) is 2.32. The molecule has 0 aromatic rings. The van der Waals surface area contributed by atoms with Crippen LogP contribution in [0.5, 0.6) is 0 Å². The first kappa shape index (κ1) is 8.53. The van der Waals surface area contributed by atoms with Gasteiger partial charge < -0.3 is 0 Å². The zero-order valence-corrected chi connectivity index (χ0v) is 9.12. The number of nitrogens with zero attached hydrogens (tertiary/aromatic N) is 1. The molecule has 0 aliphatic carbocycles. The minimum absolute atomic E-state index is 1.12. The van der Waals surface area contributed by atoms with Crippen LogP contribution in [0, 0.1) is 0 Å². The first-order chi connectivity index (χ1) is 4.84. The standard InChI is InChI=1S/C6H13N3.W/c1-7-6-9-5-3-2-4-8-9;/h7-8H,2-5H2,1H3;. The third kappa shape index (κ3) is 2.24. The fraction of sp³-hybridized carbons (Fsp3) is 0.833. The van der Waals surface area contributed by atoms with Crippen LogP contribution >= 0.6 is 0 Å². The van der Waals surface area contributed by atoms with Crippen molar-refractivity contribution in [2.45, 2.75) is 12.8 Å². The molecule has 1 rings (SSSR count). The SMILES string of the molecule is CN[C](=[W])N1CCCCN1. The van der Waals surface area contributed by atoms with Crippen molar-refractivity contribution in [2.75, 3.05) is 20.1 Å². The summed E-state index contributed by atoms with van der Waals surface area (Å²) in [6, 6.07) is 0. The number of hydrogen-bond acceptors (Lipinski definition) is 3. The minimum atomic E-state index is 1.12. The van der Waals surface area contributed by atoms with Gasteiger partial charge in [-0.1, -0.05) is 0 Å². The zero-order valence-electron chi connectivity index (χ0n) is 6.18. The van der Waals surface area contributed by atoms with Crippen molar-refractivity contribution in [3.05, 3.63) is 0 Å². The van der Waals surface area contributed by atoms with Crippen LogP contribution in [-0.4, -0.2) is 29.3 Å². The van der Waals surface area contributed by atoms with Gasteiger partial charge in [-0.3, -0.25) is 0 Å². The quantitative estimate of drug-likeness (QED) is 0.716. The molecule has 3 nitrogen and oxygen atoms in total. The topological polar surface area (TPSA) is 27.3 Å². The molecule has 1 saturated heterocycles. The normalized spacial score (nSPS) is 20.9. The number of hydrogen-bond donors (Lipinski definition) is 2. The molecule has 0 unspecified atom stereocenters. The molecule has 4 heteroatoms. The van der Waals surface area contributed by atoms with Gasteiger partial charge in [-0.2, -0.15) is 0 Å². The summed E-state index contributed by atoms with van der Waals surface area (Å²) in [5, 5.41) is 5.36. The Bertz CT molecular complexity index is 120. The van der Waals surface area contributed by atoms with E-state index in [9.17, 15) is 0 Å². The van der Waals surface area contributed by atoms with Crippen LogP contribution in [0.1, 0.15) is 12.8 Å². The van der Waals surface area contributed by atoms with Crippen LogP contribution in [0.4, 0.5) is 0 Å². The fourth-order valence-corrected chi connectivity index (χ4v) is 1.56. The predicted molar refractivity (Wildman–Crippen MR) is 38.0 cm³/mol. The number of rotatable bonds is 2. The number of nitrogens with one attached hydrogen (secondary N) is 2. The van der Waals surface area contributed by atoms with Gasteiger partial charge >= 0.3 is 72.2 Å². The van der Waals surface area contributed by atoms with E-state index in [-0.39, 0.29) is 0 Å². The molecule has 0 spiro atoms. The van der Waals surface area contributed by atoms with Crippen molar-refractivity contribution < 1.29 is 19.4 Å². The Labute approximate surface area is 72.5 Å². The molecule has 1 aliphatic heterocycles. The van der Waals surface area contributed by atoms with Gasteiger partial charge in [-0.25, -0.2) is 0 Å². The molecule has 1 fully saturated rings. The number of hydrazine groups is 1. The molecular weight excluding hydrogens is 298 g/mol. The Morgan fingerprint density at radius 2 is 2.40 bits per heavy atom. The van der Waals surface area contributed by atoms with Gasteiger partial charge in [0.25, 0.3) is 0 Å². The average molecular weight is 311 g/mol. The van der Waals surface area contributed by atoms with Gasteiger partial charge in [0.2, 0.25) is 0 Å². The van der Waals surface area contributed by atoms with E-state index in [0.717, 1.165) is 13.1 Å². The van der Waals surface area contributed by atoms with E-state index in [1.54, 1.807) is 0 Å². The van der Waals surface area contributed by atoms with Crippen LogP contribution in [0.2, 0.25) is 0 Å². The molecule has 1 aliphatic rings. The average Bonchev–Trinajstić information content (AvgIpc) is 2.05. The van der Waals surface area contributed by atoms with Crippen molar-refractivity contribution in [3.63, 3.8) is 0 Å². The second-order valence-corrected chi connectivity index (χ2v) is 3.71. The van der Waals surface area contributed by atoms with E-state index < -0.39 is 0 Å². The van der Waals surface area contributed by atoms with Gasteiger partial charge in [0.15, 0.2) is 0 Å². The molecule has 0 aromatic carbocycles. The van der Waals surface area contributed by atoms with Crippen LogP contribution in [0.25, 0.3) is 0 Å². The third-order valence-corrected chi connectivity index (χ3v) is 3.10. The zero-order chi connectivity index (χ0) is 7.40. The molecular formula is C6H13N3W. The summed E-state index contributed by atoms with van der Waals surface area (Å²) < 4.78 is 1.29. The maximum absolute atomic E-state index is 3.32. The van der Waals surface area contributed by atoms with Crippen molar-refractivity contribution in [1.82, 2.24) is 15.8 Å². The van der Waals surface area contributed by atoms with E-state index in [0.29, 0.717) is 0 Å². The van der Waals surface area contributed by atoms with Crippen molar-refractivity contribution >= 4 is 4.15 Å². The Hall–Kier alpha value is 0.438. The Balaban J connectivity index is 2.31. The van der Waals surface area contributed by atoms with E-state index in [1.165, 1.54) is 36.3 Å². The Morgan fingerprint density at radius 3 is 2.90 bits per heavy atom. The van der Waals surface area contributed by atoms with Gasteiger partial charge in [0.05, 0.1) is 0 Å². The predicted octanol–water partition coefficient (Wildman–Crippen LogP) is -0.560. The molecule has 10 heavy (non-hydrogen) atoms. The summed E-state index contributed by atoms with van der Waals surface area (Å²) in [6.07, 6.45) is 2.62. The summed E-state index contributed by atoms with van der Waals surface area (Å²) in [4.78, 5) is 0. The summed E-state index contributed by atoms with van der Waals surface area (Å²) in [5.41, 5.74) is 3.32. The molecule has 0 amide bonds. The molecule has 0 aromatic heterocycles. The van der Waals surface area contributed by atoms with E-state index >= 15 is 0 Å². The van der Waals surface area contributed by atoms with Crippen LogP contribution in [0.3, 0.4) is 0 Å². The van der Waals surface area contributed by atoms with Gasteiger partial charge in [-0.05, 0) is 0 Å². The van der Waals surface area contributed by atoms with E-state index in [4.69, 9.17) is 0 Å². The maximum atomic E-state index is 3.32. The van der Waals surface area contributed by atoms with E-state index in [2.05, 4.69) is 15.8 Å². The second kappa shape index (κ2) is 4.34. The van der Waals surface area contributed by atoms with Crippen LogP contribution < -0.4 is 10.7 Å². The van der Waals surface area contributed by atoms with Gasteiger partial charge in [0, 0.05) is 0 Å². The first-order valence-corrected chi connectivity index (χ1v) is 5.04. The summed E-state index contributed by atoms with van der Waals surface area (Å²) in [6.45, 7) is 2.28. The molecule has 0 radical (unpaired) electrons. The van der Waals surface area contributed by atoms with Gasteiger partial charge in [-0.15, -0.1) is 0 Å². The summed E-state index contributed by atoms with van der Waals surface area (Å²) >= 11 is 1.49. The molecule has 0 atom stereocenters. The van der Waals surface area contributed by atoms with Gasteiger partial charge in [0.1, 0.15) is 0 Å². The van der Waals surface area contributed by atoms with Crippen LogP contribution in [-0.2, 0) is 19.4 Å². The monoisotopic (exact) mass is 311 g/mol. The fourth-order valence-electron chi connectivity index (χ4n) is 0.996. The Morgan fingerprint density at radius 1 is 1.60 bits per heavy atom. The first-order valence-electron chi connectivity index (χ1n) is 3.57. The van der Waals surface area contributed by atoms with Crippen molar-refractivity contribution in [1.29, 1.82) is 0 Å². The Kier molecular flexibility index (Phi) is 3.71. The third-order valence-electron chi connectivity index (χ3n) is 1.57. The molecule has 58 valence electrons. The molecule has 1 heterocycles. The summed E-state index contributed by atoms with van der Waals surface area (Å²) in [7, 11) is 1.97. The van der Waals surface area contributed by atoms with Crippen molar-refractivity contribution in [2.24, 2.45) is 0 Å². The van der Waals surface area contributed by atoms with Crippen molar-refractivity contribution in [3.8, 4) is 0 Å².